The highest BCUT2D eigenvalue weighted by atomic mass is 35.5. The average molecular weight is 231 g/mol. The van der Waals surface area contributed by atoms with Crippen LogP contribution in [0.25, 0.3) is 0 Å². The first-order chi connectivity index (χ1) is 7.09. The molecular formula is C10H12ClFN2O. The molecule has 1 saturated carbocycles. The van der Waals surface area contributed by atoms with Crippen molar-refractivity contribution in [2.24, 2.45) is 5.92 Å². The van der Waals surface area contributed by atoms with Crippen molar-refractivity contribution in [1.29, 1.82) is 0 Å². The van der Waals surface area contributed by atoms with Gasteiger partial charge in [0, 0.05) is 0 Å². The normalized spacial score (nSPS) is 15.3. The van der Waals surface area contributed by atoms with Gasteiger partial charge in [-0.1, -0.05) is 11.6 Å². The molecule has 1 aromatic rings. The number of halogens is 2. The molecule has 2 rings (SSSR count). The predicted molar refractivity (Wildman–Crippen MR) is 58.5 cm³/mol. The van der Waals surface area contributed by atoms with Crippen LogP contribution in [0.1, 0.15) is 12.8 Å². The van der Waals surface area contributed by atoms with Gasteiger partial charge < -0.3 is 16.2 Å². The quantitative estimate of drug-likeness (QED) is 0.784. The van der Waals surface area contributed by atoms with E-state index in [4.69, 9.17) is 27.8 Å². The lowest BCUT2D eigenvalue weighted by molar-refractivity contribution is 0.287. The maximum Gasteiger partial charge on any atom is 0.187 e. The molecule has 0 amide bonds. The highest BCUT2D eigenvalue weighted by Crippen LogP contribution is 2.37. The molecule has 0 atom stereocenters. The van der Waals surface area contributed by atoms with E-state index in [0.717, 1.165) is 12.8 Å². The minimum atomic E-state index is -0.671. The monoisotopic (exact) mass is 230 g/mol. The highest BCUT2D eigenvalue weighted by Gasteiger charge is 2.24. The molecule has 1 aliphatic rings. The van der Waals surface area contributed by atoms with Gasteiger partial charge in [-0.3, -0.25) is 0 Å². The van der Waals surface area contributed by atoms with Crippen molar-refractivity contribution in [1.82, 2.24) is 0 Å². The van der Waals surface area contributed by atoms with Gasteiger partial charge in [0.05, 0.1) is 18.0 Å². The Morgan fingerprint density at radius 3 is 2.67 bits per heavy atom. The van der Waals surface area contributed by atoms with Crippen LogP contribution in [0.2, 0.25) is 5.02 Å². The summed E-state index contributed by atoms with van der Waals surface area (Å²) in [5.41, 5.74) is 11.4. The van der Waals surface area contributed by atoms with E-state index in [-0.39, 0.29) is 22.1 Å². The van der Waals surface area contributed by atoms with Crippen molar-refractivity contribution in [3.63, 3.8) is 0 Å². The van der Waals surface area contributed by atoms with Gasteiger partial charge in [-0.2, -0.15) is 0 Å². The van der Waals surface area contributed by atoms with E-state index in [2.05, 4.69) is 0 Å². The van der Waals surface area contributed by atoms with Gasteiger partial charge >= 0.3 is 0 Å². The number of anilines is 2. The maximum atomic E-state index is 13.6. The zero-order valence-electron chi connectivity index (χ0n) is 8.09. The summed E-state index contributed by atoms with van der Waals surface area (Å²) in [5, 5.41) is -0.130. The summed E-state index contributed by atoms with van der Waals surface area (Å²) < 4.78 is 18.9. The summed E-state index contributed by atoms with van der Waals surface area (Å²) in [6.07, 6.45) is 2.26. The maximum absolute atomic E-state index is 13.6. The second-order valence-corrected chi connectivity index (χ2v) is 4.14. The fourth-order valence-corrected chi connectivity index (χ4v) is 1.42. The average Bonchev–Trinajstić information content (AvgIpc) is 2.98. The molecule has 3 nitrogen and oxygen atoms in total. The Hall–Kier alpha value is -1.16. The molecular weight excluding hydrogens is 219 g/mol. The smallest absolute Gasteiger partial charge is 0.187 e. The van der Waals surface area contributed by atoms with Gasteiger partial charge in [0.1, 0.15) is 5.02 Å². The SMILES string of the molecule is Nc1cc(N)c(OCC2CC2)c(F)c1Cl. The van der Waals surface area contributed by atoms with Crippen molar-refractivity contribution in [2.75, 3.05) is 18.1 Å². The number of nitrogens with two attached hydrogens (primary N) is 2. The van der Waals surface area contributed by atoms with E-state index in [1.807, 2.05) is 0 Å². The highest BCUT2D eigenvalue weighted by molar-refractivity contribution is 6.33. The lowest BCUT2D eigenvalue weighted by Gasteiger charge is -2.11. The summed E-state index contributed by atoms with van der Waals surface area (Å²) in [6, 6.07) is 1.41. The number of benzene rings is 1. The molecule has 1 fully saturated rings. The molecule has 82 valence electrons. The first-order valence-electron chi connectivity index (χ1n) is 4.75. The largest absolute Gasteiger partial charge is 0.488 e. The summed E-state index contributed by atoms with van der Waals surface area (Å²) >= 11 is 5.65. The molecule has 0 aromatic heterocycles. The Balaban J connectivity index is 2.23. The number of hydrogen-bond acceptors (Lipinski definition) is 3. The van der Waals surface area contributed by atoms with E-state index >= 15 is 0 Å². The first kappa shape index (κ1) is 10.4. The molecule has 5 heteroatoms. The van der Waals surface area contributed by atoms with Gasteiger partial charge in [0.15, 0.2) is 11.6 Å². The fraction of sp³-hybridized carbons (Fsp3) is 0.400. The third-order valence-electron chi connectivity index (χ3n) is 2.38. The van der Waals surface area contributed by atoms with E-state index in [1.165, 1.54) is 6.07 Å². The van der Waals surface area contributed by atoms with Crippen LogP contribution in [0.5, 0.6) is 5.75 Å². The van der Waals surface area contributed by atoms with Crippen molar-refractivity contribution >= 4 is 23.0 Å². The van der Waals surface area contributed by atoms with Crippen LogP contribution in [0.3, 0.4) is 0 Å². The van der Waals surface area contributed by atoms with Crippen LogP contribution in [-0.2, 0) is 0 Å². The van der Waals surface area contributed by atoms with E-state index in [0.29, 0.717) is 12.5 Å². The molecule has 0 aliphatic heterocycles. The van der Waals surface area contributed by atoms with Crippen molar-refractivity contribution in [3.8, 4) is 5.75 Å². The van der Waals surface area contributed by atoms with Gasteiger partial charge in [-0.15, -0.1) is 0 Å². The van der Waals surface area contributed by atoms with Crippen LogP contribution in [-0.4, -0.2) is 6.61 Å². The predicted octanol–water partition coefficient (Wildman–Crippen LogP) is 2.43. The van der Waals surface area contributed by atoms with Gasteiger partial charge in [0.25, 0.3) is 0 Å². The number of ether oxygens (including phenoxy) is 1. The third kappa shape index (κ3) is 2.09. The van der Waals surface area contributed by atoms with Crippen LogP contribution in [0.15, 0.2) is 6.07 Å². The molecule has 4 N–H and O–H groups in total. The molecule has 1 aromatic carbocycles. The number of rotatable bonds is 3. The van der Waals surface area contributed by atoms with Crippen LogP contribution in [0, 0.1) is 11.7 Å². The lowest BCUT2D eigenvalue weighted by atomic mass is 10.2. The summed E-state index contributed by atoms with van der Waals surface area (Å²) in [5.74, 6) is -0.129. The standard InChI is InChI=1S/C10H12ClFN2O/c11-8-6(13)3-7(14)10(9(8)12)15-4-5-1-2-5/h3,5H,1-2,4,13-14H2. The summed E-state index contributed by atoms with van der Waals surface area (Å²) in [4.78, 5) is 0. The molecule has 0 saturated heterocycles. The topological polar surface area (TPSA) is 61.3 Å². The second-order valence-electron chi connectivity index (χ2n) is 3.77. The lowest BCUT2D eigenvalue weighted by Crippen LogP contribution is -2.05. The van der Waals surface area contributed by atoms with Crippen molar-refractivity contribution in [3.05, 3.63) is 16.9 Å². The van der Waals surface area contributed by atoms with Crippen molar-refractivity contribution < 1.29 is 9.13 Å². The Bertz CT molecular complexity index is 393. The second kappa shape index (κ2) is 3.77. The number of hydrogen-bond donors (Lipinski definition) is 2. The zero-order chi connectivity index (χ0) is 11.0. The summed E-state index contributed by atoms with van der Waals surface area (Å²) in [6.45, 7) is 0.487. The fourth-order valence-electron chi connectivity index (χ4n) is 1.28. The minimum absolute atomic E-state index is 0.0149. The van der Waals surface area contributed by atoms with Crippen LogP contribution < -0.4 is 16.2 Å². The summed E-state index contributed by atoms with van der Waals surface area (Å²) in [7, 11) is 0. The zero-order valence-corrected chi connectivity index (χ0v) is 8.85. The molecule has 15 heavy (non-hydrogen) atoms. The first-order valence-corrected chi connectivity index (χ1v) is 5.13. The Labute approximate surface area is 92.1 Å². The minimum Gasteiger partial charge on any atom is -0.488 e. The van der Waals surface area contributed by atoms with E-state index in [9.17, 15) is 4.39 Å². The van der Waals surface area contributed by atoms with Crippen molar-refractivity contribution in [2.45, 2.75) is 12.8 Å². The third-order valence-corrected chi connectivity index (χ3v) is 2.76. The molecule has 1 aliphatic carbocycles. The van der Waals surface area contributed by atoms with Gasteiger partial charge in [-0.25, -0.2) is 4.39 Å². The van der Waals surface area contributed by atoms with Gasteiger partial charge in [-0.05, 0) is 24.8 Å². The Morgan fingerprint density at radius 1 is 1.40 bits per heavy atom. The Morgan fingerprint density at radius 2 is 2.07 bits per heavy atom. The van der Waals surface area contributed by atoms with E-state index in [1.54, 1.807) is 0 Å². The number of nitrogen functional groups attached to an aromatic ring is 2. The molecule has 0 unspecified atom stereocenters. The Kier molecular flexibility index (Phi) is 2.61. The molecule has 0 radical (unpaired) electrons. The van der Waals surface area contributed by atoms with E-state index < -0.39 is 5.82 Å². The van der Waals surface area contributed by atoms with Crippen LogP contribution in [0.4, 0.5) is 15.8 Å². The van der Waals surface area contributed by atoms with Crippen LogP contribution >= 0.6 is 11.6 Å². The molecule has 0 heterocycles. The molecule has 0 spiro atoms. The molecule has 0 bridgehead atoms. The van der Waals surface area contributed by atoms with Gasteiger partial charge in [0.2, 0.25) is 0 Å².